The monoisotopic (exact) mass is 296 g/mol. The van der Waals surface area contributed by atoms with Crippen molar-refractivity contribution < 1.29 is 9.53 Å². The number of hydrogen-bond acceptors (Lipinski definition) is 2. The molecule has 0 amide bonds. The van der Waals surface area contributed by atoms with Crippen LogP contribution in [-0.4, -0.2) is 12.6 Å². The smallest absolute Gasteiger partial charge is 0.302 e. The normalized spacial score (nSPS) is 10.4. The van der Waals surface area contributed by atoms with Crippen molar-refractivity contribution in [3.8, 4) is 11.1 Å². The van der Waals surface area contributed by atoms with Crippen LogP contribution in [0.5, 0.6) is 0 Å². The molecule has 0 N–H and O–H groups in total. The molecule has 0 saturated heterocycles. The lowest BCUT2D eigenvalue weighted by Gasteiger charge is -2.09. The highest BCUT2D eigenvalue weighted by Gasteiger charge is 2.03. The quantitative estimate of drug-likeness (QED) is 0.505. The van der Waals surface area contributed by atoms with Crippen molar-refractivity contribution in [1.82, 2.24) is 0 Å². The molecule has 0 spiro atoms. The molecule has 2 aromatic carbocycles. The maximum Gasteiger partial charge on any atom is 0.302 e. The highest BCUT2D eigenvalue weighted by atomic mass is 16.5. The Labute approximate surface area is 133 Å². The molecule has 0 aromatic heterocycles. The van der Waals surface area contributed by atoms with Gasteiger partial charge in [-0.15, -0.1) is 0 Å². The molecular weight excluding hydrogens is 272 g/mol. The van der Waals surface area contributed by atoms with E-state index in [1.54, 1.807) is 0 Å². The summed E-state index contributed by atoms with van der Waals surface area (Å²) in [5.74, 6) is -0.184. The van der Waals surface area contributed by atoms with Gasteiger partial charge >= 0.3 is 5.97 Å². The van der Waals surface area contributed by atoms with Crippen LogP contribution in [0.4, 0.5) is 0 Å². The minimum atomic E-state index is -0.184. The Hall–Kier alpha value is -2.09. The van der Waals surface area contributed by atoms with Gasteiger partial charge in [-0.1, -0.05) is 67.4 Å². The Morgan fingerprint density at radius 2 is 1.55 bits per heavy atom. The van der Waals surface area contributed by atoms with Crippen molar-refractivity contribution in [2.75, 3.05) is 6.61 Å². The average Bonchev–Trinajstić information content (AvgIpc) is 2.55. The molecule has 0 unspecified atom stereocenters. The molecule has 0 bridgehead atoms. The number of aryl methyl sites for hydroxylation is 1. The van der Waals surface area contributed by atoms with Gasteiger partial charge in [-0.2, -0.15) is 0 Å². The molecule has 0 aliphatic heterocycles. The van der Waals surface area contributed by atoms with Gasteiger partial charge in [-0.25, -0.2) is 0 Å². The fourth-order valence-corrected chi connectivity index (χ4v) is 2.62. The lowest BCUT2D eigenvalue weighted by atomic mass is 9.96. The Morgan fingerprint density at radius 3 is 2.32 bits per heavy atom. The number of carbonyl (C=O) groups is 1. The lowest BCUT2D eigenvalue weighted by Crippen LogP contribution is -2.00. The molecule has 0 aliphatic rings. The van der Waals surface area contributed by atoms with Crippen molar-refractivity contribution in [2.45, 2.75) is 39.0 Å². The maximum absolute atomic E-state index is 10.7. The lowest BCUT2D eigenvalue weighted by molar-refractivity contribution is -0.141. The van der Waals surface area contributed by atoms with Gasteiger partial charge in [0.05, 0.1) is 6.61 Å². The van der Waals surface area contributed by atoms with E-state index in [0.717, 1.165) is 19.3 Å². The summed E-state index contributed by atoms with van der Waals surface area (Å²) < 4.78 is 4.94. The molecule has 0 saturated carbocycles. The summed E-state index contributed by atoms with van der Waals surface area (Å²) >= 11 is 0. The molecule has 2 aromatic rings. The summed E-state index contributed by atoms with van der Waals surface area (Å²) in [6.07, 6.45) is 5.51. The molecule has 22 heavy (non-hydrogen) atoms. The molecule has 0 radical (unpaired) electrons. The highest BCUT2D eigenvalue weighted by Crippen LogP contribution is 2.24. The summed E-state index contributed by atoms with van der Waals surface area (Å²) in [6, 6.07) is 19.2. The van der Waals surface area contributed by atoms with Crippen LogP contribution in [0.25, 0.3) is 11.1 Å². The first-order chi connectivity index (χ1) is 10.8. The van der Waals surface area contributed by atoms with Crippen LogP contribution in [0.2, 0.25) is 0 Å². The van der Waals surface area contributed by atoms with E-state index in [9.17, 15) is 4.79 Å². The van der Waals surface area contributed by atoms with E-state index < -0.39 is 0 Å². The molecule has 0 aliphatic carbocycles. The van der Waals surface area contributed by atoms with Crippen molar-refractivity contribution in [2.24, 2.45) is 0 Å². The number of carbonyl (C=O) groups excluding carboxylic acids is 1. The zero-order chi connectivity index (χ0) is 15.6. The Morgan fingerprint density at radius 1 is 0.864 bits per heavy atom. The summed E-state index contributed by atoms with van der Waals surface area (Å²) in [5.41, 5.74) is 4.03. The topological polar surface area (TPSA) is 26.3 Å². The minimum absolute atomic E-state index is 0.184. The maximum atomic E-state index is 10.7. The van der Waals surface area contributed by atoms with E-state index in [0.29, 0.717) is 6.61 Å². The van der Waals surface area contributed by atoms with E-state index in [1.807, 2.05) is 0 Å². The highest BCUT2D eigenvalue weighted by molar-refractivity contribution is 5.67. The van der Waals surface area contributed by atoms with Gasteiger partial charge in [0, 0.05) is 6.92 Å². The third-order valence-electron chi connectivity index (χ3n) is 3.75. The molecule has 2 heteroatoms. The molecular formula is C20H24O2. The first-order valence-electron chi connectivity index (χ1n) is 8.04. The van der Waals surface area contributed by atoms with Gasteiger partial charge in [0.15, 0.2) is 0 Å². The van der Waals surface area contributed by atoms with Crippen LogP contribution in [0.3, 0.4) is 0 Å². The number of ether oxygens (including phenoxy) is 1. The number of rotatable bonds is 8. The fourth-order valence-electron chi connectivity index (χ4n) is 2.62. The largest absolute Gasteiger partial charge is 0.466 e. The third kappa shape index (κ3) is 5.36. The number of benzene rings is 2. The third-order valence-corrected chi connectivity index (χ3v) is 3.75. The van der Waals surface area contributed by atoms with E-state index in [2.05, 4.69) is 54.6 Å². The van der Waals surface area contributed by atoms with Gasteiger partial charge in [-0.05, 0) is 36.0 Å². The van der Waals surface area contributed by atoms with Gasteiger partial charge < -0.3 is 4.74 Å². The van der Waals surface area contributed by atoms with E-state index in [4.69, 9.17) is 4.74 Å². The Kier molecular flexibility index (Phi) is 6.69. The van der Waals surface area contributed by atoms with E-state index in [-0.39, 0.29) is 5.97 Å². The first-order valence-corrected chi connectivity index (χ1v) is 8.04. The van der Waals surface area contributed by atoms with E-state index >= 15 is 0 Å². The molecule has 2 nitrogen and oxygen atoms in total. The SMILES string of the molecule is CC(=O)OCCCCCCc1ccccc1-c1ccccc1. The molecule has 116 valence electrons. The van der Waals surface area contributed by atoms with E-state index in [1.165, 1.54) is 36.5 Å². The minimum Gasteiger partial charge on any atom is -0.466 e. The zero-order valence-electron chi connectivity index (χ0n) is 13.3. The van der Waals surface area contributed by atoms with Crippen molar-refractivity contribution >= 4 is 5.97 Å². The second kappa shape index (κ2) is 9.04. The van der Waals surface area contributed by atoms with Gasteiger partial charge in [0.2, 0.25) is 0 Å². The molecule has 0 fully saturated rings. The first kappa shape index (κ1) is 16.3. The summed E-state index contributed by atoms with van der Waals surface area (Å²) in [5, 5.41) is 0. The number of esters is 1. The van der Waals surface area contributed by atoms with Crippen LogP contribution in [0, 0.1) is 0 Å². The molecule has 2 rings (SSSR count). The summed E-state index contributed by atoms with van der Waals surface area (Å²) in [7, 11) is 0. The van der Waals surface area contributed by atoms with Crippen molar-refractivity contribution in [3.63, 3.8) is 0 Å². The van der Waals surface area contributed by atoms with Crippen molar-refractivity contribution in [1.29, 1.82) is 0 Å². The average molecular weight is 296 g/mol. The van der Waals surface area contributed by atoms with Crippen LogP contribution in [-0.2, 0) is 16.0 Å². The van der Waals surface area contributed by atoms with Crippen molar-refractivity contribution in [3.05, 3.63) is 60.2 Å². The standard InChI is InChI=1S/C20H24O2/c1-17(21)22-16-10-3-2-5-11-19-14-8-9-15-20(19)18-12-6-4-7-13-18/h4,6-9,12-15H,2-3,5,10-11,16H2,1H3. The number of hydrogen-bond donors (Lipinski definition) is 0. The predicted molar refractivity (Wildman–Crippen MR) is 90.7 cm³/mol. The van der Waals surface area contributed by atoms with Gasteiger partial charge in [0.25, 0.3) is 0 Å². The Bertz CT molecular complexity index is 575. The second-order valence-corrected chi connectivity index (χ2v) is 5.53. The zero-order valence-corrected chi connectivity index (χ0v) is 13.3. The van der Waals surface area contributed by atoms with Crippen LogP contribution < -0.4 is 0 Å². The second-order valence-electron chi connectivity index (χ2n) is 5.53. The van der Waals surface area contributed by atoms with Crippen LogP contribution >= 0.6 is 0 Å². The fraction of sp³-hybridized carbons (Fsp3) is 0.350. The molecule has 0 heterocycles. The van der Waals surface area contributed by atoms with Gasteiger partial charge in [0.1, 0.15) is 0 Å². The Balaban J connectivity index is 1.80. The summed E-state index contributed by atoms with van der Waals surface area (Å²) in [4.78, 5) is 10.7. The van der Waals surface area contributed by atoms with Crippen LogP contribution in [0.15, 0.2) is 54.6 Å². The van der Waals surface area contributed by atoms with Gasteiger partial charge in [-0.3, -0.25) is 4.79 Å². The number of unbranched alkanes of at least 4 members (excludes halogenated alkanes) is 3. The predicted octanol–water partition coefficient (Wildman–Crippen LogP) is 5.02. The molecule has 0 atom stereocenters. The van der Waals surface area contributed by atoms with Crippen LogP contribution in [0.1, 0.15) is 38.2 Å². The summed E-state index contributed by atoms with van der Waals surface area (Å²) in [6.45, 7) is 2.01.